The molecule has 0 saturated carbocycles. The minimum absolute atomic E-state index is 0. The number of rotatable bonds is 9. The average molecular weight is 1340 g/mol. The Morgan fingerprint density at radius 1 is 0.661 bits per heavy atom. The Balaban J connectivity index is -0.000000359. The predicted molar refractivity (Wildman–Crippen MR) is 252 cm³/mol. The van der Waals surface area contributed by atoms with Gasteiger partial charge in [0, 0.05) is 85.7 Å². The number of aryl methyl sites for hydroxylation is 3. The molecule has 0 atom stereocenters. The molecule has 0 aliphatic carbocycles. The summed E-state index contributed by atoms with van der Waals surface area (Å²) < 4.78 is 12.2. The average Bonchev–Trinajstić information content (AvgIpc) is 3.96. The third-order valence-corrected chi connectivity index (χ3v) is 11.2. The van der Waals surface area contributed by atoms with Crippen molar-refractivity contribution in [2.24, 2.45) is 11.8 Å². The summed E-state index contributed by atoms with van der Waals surface area (Å²) in [6.45, 7) is 24.1. The molecule has 62 heavy (non-hydrogen) atoms. The number of hydrogen-bond donors (Lipinski definition) is 2. The molecule has 5 heterocycles. The van der Waals surface area contributed by atoms with Crippen molar-refractivity contribution in [1.82, 2.24) is 24.9 Å². The maximum absolute atomic E-state index is 12.2. The molecule has 24 heteroatoms. The van der Waals surface area contributed by atoms with Crippen LogP contribution in [0.2, 0.25) is 0 Å². The first-order valence-corrected chi connectivity index (χ1v) is 30.5. The molecule has 0 aliphatic rings. The number of carbonyl (C=O) groups is 4. The molecule has 0 fully saturated rings. The van der Waals surface area contributed by atoms with Gasteiger partial charge >= 0.3 is 41.9 Å². The van der Waals surface area contributed by atoms with E-state index in [1.807, 2.05) is 60.9 Å². The van der Waals surface area contributed by atoms with Gasteiger partial charge in [0.15, 0.2) is 29.2 Å². The Bertz CT molecular complexity index is 1940. The molecule has 5 rings (SSSR count). The summed E-state index contributed by atoms with van der Waals surface area (Å²) in [6, 6.07) is 0. The fourth-order valence-electron chi connectivity index (χ4n) is 3.67. The molecule has 5 aromatic rings. The molecule has 2 N–H and O–H groups in total. The van der Waals surface area contributed by atoms with Crippen molar-refractivity contribution in [3.63, 3.8) is 0 Å². The molecule has 0 aliphatic heterocycles. The topological polar surface area (TPSA) is 192 Å². The van der Waals surface area contributed by atoms with E-state index in [1.54, 1.807) is 51.5 Å². The Hall–Kier alpha value is -0.621. The van der Waals surface area contributed by atoms with Crippen molar-refractivity contribution >= 4 is 126 Å². The van der Waals surface area contributed by atoms with Gasteiger partial charge in [0.25, 0.3) is 11.9 Å². The van der Waals surface area contributed by atoms with E-state index < -0.39 is 11.9 Å². The zero-order valence-electron chi connectivity index (χ0n) is 36.9. The molecule has 5 aromatic heterocycles. The summed E-state index contributed by atoms with van der Waals surface area (Å²) in [7, 11) is 0. The summed E-state index contributed by atoms with van der Waals surface area (Å²) in [5.74, 6) is -1.37. The predicted octanol–water partition coefficient (Wildman–Crippen LogP) is 12.5. The van der Waals surface area contributed by atoms with E-state index in [1.165, 1.54) is 37.4 Å². The molecule has 0 bridgehead atoms. The largest absolute Gasteiger partial charge is 0 e. The second kappa shape index (κ2) is 38.5. The van der Waals surface area contributed by atoms with Gasteiger partial charge in [-0.3, -0.25) is 20.9 Å². The number of carboxylic acids is 2. The third kappa shape index (κ3) is 34.7. The van der Waals surface area contributed by atoms with Crippen molar-refractivity contribution in [1.29, 1.82) is 0 Å². The van der Waals surface area contributed by atoms with E-state index in [2.05, 4.69) is 104 Å². The Labute approximate surface area is 445 Å². The molecule has 0 radical (unpaired) electrons. The van der Waals surface area contributed by atoms with Crippen LogP contribution in [0.15, 0.2) is 26.4 Å². The SMILES string of the molecule is CC(=O)O.CC(=O)O.CC(C)Cc1sc(Br)nc1C(=O)OC(C)C.Cc1cn[c-]s1.Cc1cnc(-c2nc(C(=O)OC(C)C)c(CC(C)C)s2)s1.Cc1cnc(Br)s1.[Pd].[Zn+][Br].[Zn]. The van der Waals surface area contributed by atoms with Crippen LogP contribution in [0.5, 0.6) is 0 Å². The molecule has 0 unspecified atom stereocenters. The summed E-state index contributed by atoms with van der Waals surface area (Å²) >= 11 is 18.6. The molecule has 0 spiro atoms. The van der Waals surface area contributed by atoms with Crippen molar-refractivity contribution in [3.8, 4) is 10.0 Å². The fraction of sp³-hybridized carbons (Fsp3) is 0.500. The Morgan fingerprint density at radius 2 is 1.08 bits per heavy atom. The van der Waals surface area contributed by atoms with Gasteiger partial charge in [0.05, 0.1) is 12.2 Å². The van der Waals surface area contributed by atoms with Gasteiger partial charge in [0.2, 0.25) is 0 Å². The van der Waals surface area contributed by atoms with Crippen molar-refractivity contribution in [3.05, 3.63) is 67.7 Å². The van der Waals surface area contributed by atoms with E-state index in [-0.39, 0.29) is 64.0 Å². The summed E-state index contributed by atoms with van der Waals surface area (Å²) in [5.41, 5.74) is 3.63. The molecule has 0 aromatic carbocycles. The van der Waals surface area contributed by atoms with E-state index in [0.29, 0.717) is 23.2 Å². The van der Waals surface area contributed by atoms with Crippen LogP contribution in [0.25, 0.3) is 10.0 Å². The van der Waals surface area contributed by atoms with Crippen LogP contribution in [-0.2, 0) is 88.1 Å². The number of esters is 2. The number of aromatic nitrogens is 5. The molecule has 342 valence electrons. The van der Waals surface area contributed by atoms with Crippen LogP contribution in [0.3, 0.4) is 0 Å². The Kier molecular flexibility index (Phi) is 42.2. The minimum atomic E-state index is -0.833. The quantitative estimate of drug-likeness (QED) is 0.0806. The van der Waals surface area contributed by atoms with Crippen molar-refractivity contribution in [2.45, 2.75) is 115 Å². The smallest absolute Gasteiger partial charge is 0 e. The standard InChI is InChI=1S/C15H20N2O2S2.C11H16BrNO2S.C4H4BrNS.C4H4NS.2C2H4O2.BrH.Pd.2Zn/c1-8(2)6-11-12(15(18)19-9(3)4)17-14(21-11)13-16-7-10(5)20-13;1-6(2)5-8-9(13-11(12)16-8)10(14)15-7(3)4;1-3-2-6-4(5)7-3;1-4-2-5-3-6-4;2*1-2(3)4;;;;/h7-9H,6H2,1-5H3;6-7H,5H2,1-4H3;2H,1H3;2H,1H3;2*1H3,(H,3,4);1H;;;/q;;;-1;;;;;;+2/p-1. The van der Waals surface area contributed by atoms with Crippen molar-refractivity contribution in [2.75, 3.05) is 0 Å². The number of aliphatic carboxylic acids is 2. The van der Waals surface area contributed by atoms with Gasteiger partial charge in [-0.15, -0.1) is 56.4 Å². The molecule has 0 amide bonds. The summed E-state index contributed by atoms with van der Waals surface area (Å²) in [4.78, 5) is 68.2. The fourth-order valence-corrected chi connectivity index (χ4v) is 9.16. The van der Waals surface area contributed by atoms with Crippen LogP contribution < -0.4 is 0 Å². The molecule has 13 nitrogen and oxygen atoms in total. The van der Waals surface area contributed by atoms with Gasteiger partial charge in [-0.2, -0.15) is 0 Å². The normalized spacial score (nSPS) is 9.58. The summed E-state index contributed by atoms with van der Waals surface area (Å²) in [6.07, 6.45) is 6.89. The molecular weight excluding hydrogens is 1290 g/mol. The van der Waals surface area contributed by atoms with E-state index in [0.717, 1.165) is 59.2 Å². The van der Waals surface area contributed by atoms with E-state index >= 15 is 0 Å². The second-order valence-corrected chi connectivity index (χ2v) is 21.5. The number of nitrogens with zero attached hydrogens (tertiary/aromatic N) is 5. The number of ether oxygens (including phenoxy) is 2. The van der Waals surface area contributed by atoms with Crippen LogP contribution in [-0.4, -0.2) is 71.2 Å². The first kappa shape index (κ1) is 68.0. The van der Waals surface area contributed by atoms with E-state index in [9.17, 15) is 9.59 Å². The van der Waals surface area contributed by atoms with Crippen LogP contribution in [0, 0.1) is 38.1 Å². The first-order chi connectivity index (χ1) is 27.9. The van der Waals surface area contributed by atoms with Gasteiger partial charge < -0.3 is 24.7 Å². The third-order valence-electron chi connectivity index (χ3n) is 5.53. The van der Waals surface area contributed by atoms with E-state index in [4.69, 9.17) is 29.3 Å². The Morgan fingerprint density at radius 3 is 1.37 bits per heavy atom. The maximum atomic E-state index is 12.2. The number of hydrogen-bond acceptors (Lipinski definition) is 16. The number of thiazole rings is 5. The number of carboxylic acid groups (broad SMARTS) is 2. The van der Waals surface area contributed by atoms with Gasteiger partial charge in [0.1, 0.15) is 0 Å². The zero-order valence-corrected chi connectivity index (χ0v) is 53.3. The molecular formula is C38H52Br3N5O8PdS5Zn2. The second-order valence-electron chi connectivity index (χ2n) is 13.2. The number of carbonyl (C=O) groups excluding carboxylic acids is 2. The minimum Gasteiger partial charge on any atom is 0 e. The number of halogens is 3. The molecule has 0 saturated heterocycles. The van der Waals surface area contributed by atoms with Crippen LogP contribution in [0.1, 0.15) is 115 Å². The zero-order chi connectivity index (χ0) is 46.7. The monoisotopic (exact) mass is 1340 g/mol. The van der Waals surface area contributed by atoms with Crippen LogP contribution in [0.4, 0.5) is 0 Å². The summed E-state index contributed by atoms with van der Waals surface area (Å²) in [5, 5.41) is 16.5. The van der Waals surface area contributed by atoms with Gasteiger partial charge in [-0.05, 0) is 104 Å². The maximum Gasteiger partial charge on any atom is 0 e. The first-order valence-electron chi connectivity index (χ1n) is 17.9. The van der Waals surface area contributed by atoms with Gasteiger partial charge in [-0.1, -0.05) is 34.6 Å². The van der Waals surface area contributed by atoms with Crippen molar-refractivity contribution < 1.29 is 95.1 Å². The van der Waals surface area contributed by atoms with Gasteiger partial charge in [-0.25, -0.2) is 29.5 Å². The van der Waals surface area contributed by atoms with Crippen LogP contribution >= 0.6 is 102 Å².